The van der Waals surface area contributed by atoms with Gasteiger partial charge in [0.15, 0.2) is 12.4 Å². The fourth-order valence-corrected chi connectivity index (χ4v) is 3.82. The molecule has 0 saturated heterocycles. The van der Waals surface area contributed by atoms with E-state index in [4.69, 9.17) is 14.7 Å². The summed E-state index contributed by atoms with van der Waals surface area (Å²) >= 11 is 0. The molecule has 0 fully saturated rings. The Kier molecular flexibility index (Phi) is 6.51. The third-order valence-electron chi connectivity index (χ3n) is 5.46. The smallest absolute Gasteiger partial charge is 0.258 e. The predicted molar refractivity (Wildman–Crippen MR) is 143 cm³/mol. The second kappa shape index (κ2) is 10.1. The van der Waals surface area contributed by atoms with Crippen molar-refractivity contribution in [2.24, 2.45) is 0 Å². The molecule has 3 heterocycles. The molecule has 0 aliphatic heterocycles. The minimum Gasteiger partial charge on any atom is -0.484 e. The molecule has 186 valence electrons. The van der Waals surface area contributed by atoms with Gasteiger partial charge in [-0.3, -0.25) is 14.9 Å². The van der Waals surface area contributed by atoms with Gasteiger partial charge in [-0.2, -0.15) is 5.10 Å². The summed E-state index contributed by atoms with van der Waals surface area (Å²) in [5.41, 5.74) is 4.11. The molecule has 5 rings (SSSR count). The first-order valence-corrected chi connectivity index (χ1v) is 11.9. The lowest BCUT2D eigenvalue weighted by Crippen LogP contribution is -2.43. The summed E-state index contributed by atoms with van der Waals surface area (Å²) in [6, 6.07) is 17.3. The molecule has 5 aromatic rings. The lowest BCUT2D eigenvalue weighted by Gasteiger charge is -2.20. The fourth-order valence-electron chi connectivity index (χ4n) is 3.82. The molecular weight excluding hydrogens is 466 g/mol. The van der Waals surface area contributed by atoms with E-state index in [-0.39, 0.29) is 18.1 Å². The van der Waals surface area contributed by atoms with Crippen LogP contribution in [0.2, 0.25) is 0 Å². The highest BCUT2D eigenvalue weighted by molar-refractivity contribution is 5.91. The number of H-pyrrole nitrogens is 1. The maximum atomic E-state index is 12.2. The summed E-state index contributed by atoms with van der Waals surface area (Å²) < 4.78 is 5.73. The molecule has 0 bridgehead atoms. The number of rotatable bonds is 7. The number of anilines is 2. The molecule has 9 nitrogen and oxygen atoms in total. The normalized spacial score (nSPS) is 11.3. The van der Waals surface area contributed by atoms with Gasteiger partial charge in [0.25, 0.3) is 5.91 Å². The first-order chi connectivity index (χ1) is 17.8. The van der Waals surface area contributed by atoms with Gasteiger partial charge in [-0.1, -0.05) is 24.3 Å². The van der Waals surface area contributed by atoms with E-state index in [1.165, 1.54) is 0 Å². The van der Waals surface area contributed by atoms with E-state index < -0.39 is 0 Å². The van der Waals surface area contributed by atoms with Crippen molar-refractivity contribution in [3.63, 3.8) is 0 Å². The van der Waals surface area contributed by atoms with Crippen LogP contribution in [-0.2, 0) is 4.79 Å². The highest BCUT2D eigenvalue weighted by Crippen LogP contribution is 2.29. The Balaban J connectivity index is 1.41. The Morgan fingerprint density at radius 3 is 2.57 bits per heavy atom. The minimum atomic E-state index is -0.321. The average Bonchev–Trinajstić information content (AvgIpc) is 3.42. The van der Waals surface area contributed by atoms with E-state index in [1.807, 2.05) is 75.5 Å². The van der Waals surface area contributed by atoms with Crippen LogP contribution in [-0.4, -0.2) is 43.2 Å². The quantitative estimate of drug-likeness (QED) is 0.288. The Hall–Kier alpha value is -4.79. The van der Waals surface area contributed by atoms with E-state index >= 15 is 0 Å². The van der Waals surface area contributed by atoms with Gasteiger partial charge in [0.1, 0.15) is 11.6 Å². The van der Waals surface area contributed by atoms with Gasteiger partial charge in [-0.15, -0.1) is 0 Å². The van der Waals surface area contributed by atoms with Gasteiger partial charge in [-0.25, -0.2) is 9.97 Å². The van der Waals surface area contributed by atoms with Gasteiger partial charge in [-0.05, 0) is 56.7 Å². The second-order valence-electron chi connectivity index (χ2n) is 9.59. The average molecular weight is 494 g/mol. The lowest BCUT2D eigenvalue weighted by atomic mass is 10.1. The predicted octanol–water partition coefficient (Wildman–Crippen LogP) is 5.12. The molecule has 2 aromatic carbocycles. The summed E-state index contributed by atoms with van der Waals surface area (Å²) in [5, 5.41) is 14.0. The highest BCUT2D eigenvalue weighted by Gasteiger charge is 2.15. The van der Waals surface area contributed by atoms with Crippen LogP contribution in [0.4, 0.5) is 11.5 Å². The largest absolute Gasteiger partial charge is 0.484 e. The van der Waals surface area contributed by atoms with Crippen molar-refractivity contribution in [1.29, 1.82) is 0 Å². The number of ether oxygens (including phenoxy) is 1. The molecular formula is C28H27N7O2. The fraction of sp³-hybridized carbons (Fsp3) is 0.179. The van der Waals surface area contributed by atoms with Crippen molar-refractivity contribution in [1.82, 2.24) is 30.5 Å². The Labute approximate surface area is 214 Å². The number of amides is 1. The van der Waals surface area contributed by atoms with E-state index in [0.29, 0.717) is 22.9 Å². The Morgan fingerprint density at radius 2 is 1.81 bits per heavy atom. The molecule has 9 heteroatoms. The van der Waals surface area contributed by atoms with Gasteiger partial charge in [0, 0.05) is 40.1 Å². The van der Waals surface area contributed by atoms with Crippen molar-refractivity contribution < 1.29 is 9.53 Å². The first kappa shape index (κ1) is 23.9. The molecule has 0 saturated carbocycles. The number of nitrogens with one attached hydrogen (secondary N) is 3. The zero-order valence-electron chi connectivity index (χ0n) is 20.8. The Morgan fingerprint density at radius 1 is 0.973 bits per heavy atom. The van der Waals surface area contributed by atoms with Crippen LogP contribution in [0.15, 0.2) is 79.4 Å². The van der Waals surface area contributed by atoms with E-state index in [2.05, 4.69) is 25.8 Å². The number of benzene rings is 2. The van der Waals surface area contributed by atoms with Crippen LogP contribution in [0.1, 0.15) is 20.8 Å². The second-order valence-corrected chi connectivity index (χ2v) is 9.59. The van der Waals surface area contributed by atoms with Crippen LogP contribution >= 0.6 is 0 Å². The molecule has 0 atom stereocenters. The molecule has 0 spiro atoms. The number of fused-ring (bicyclic) bond motifs is 1. The number of aromatic nitrogens is 5. The maximum Gasteiger partial charge on any atom is 0.258 e. The number of hydrogen-bond acceptors (Lipinski definition) is 7. The van der Waals surface area contributed by atoms with Gasteiger partial charge >= 0.3 is 0 Å². The molecule has 1 amide bonds. The maximum absolute atomic E-state index is 12.2. The monoisotopic (exact) mass is 493 g/mol. The molecule has 3 N–H and O–H groups in total. The first-order valence-electron chi connectivity index (χ1n) is 11.9. The molecule has 0 aliphatic rings. The summed E-state index contributed by atoms with van der Waals surface area (Å²) in [7, 11) is 0. The highest BCUT2D eigenvalue weighted by atomic mass is 16.5. The molecule has 3 aromatic heterocycles. The van der Waals surface area contributed by atoms with Crippen molar-refractivity contribution in [2.45, 2.75) is 26.3 Å². The SMILES string of the molecule is CC(C)(C)NC(=O)COc1cccc(-c2nc(Nc3ccc(-c4cn[nH]c4)cc3)c3ccncc3n2)c1. The van der Waals surface area contributed by atoms with E-state index in [0.717, 1.165) is 27.8 Å². The molecule has 0 radical (unpaired) electrons. The number of carbonyl (C=O) groups excluding carboxylic acids is 1. The summed E-state index contributed by atoms with van der Waals surface area (Å²) in [5.74, 6) is 1.55. The molecule has 0 unspecified atom stereocenters. The van der Waals surface area contributed by atoms with Gasteiger partial charge in [0.2, 0.25) is 0 Å². The number of hydrogen-bond donors (Lipinski definition) is 3. The van der Waals surface area contributed by atoms with Crippen molar-refractivity contribution in [3.05, 3.63) is 79.4 Å². The molecule has 37 heavy (non-hydrogen) atoms. The molecule has 0 aliphatic carbocycles. The van der Waals surface area contributed by atoms with Crippen LogP contribution in [0.3, 0.4) is 0 Å². The minimum absolute atomic E-state index is 0.0785. The zero-order chi connectivity index (χ0) is 25.8. The van der Waals surface area contributed by atoms with Crippen LogP contribution < -0.4 is 15.4 Å². The van der Waals surface area contributed by atoms with Crippen LogP contribution in [0, 0.1) is 0 Å². The summed E-state index contributed by atoms with van der Waals surface area (Å²) in [6.07, 6.45) is 7.07. The topological polar surface area (TPSA) is 118 Å². The van der Waals surface area contributed by atoms with E-state index in [9.17, 15) is 4.79 Å². The third kappa shape index (κ3) is 5.90. The van der Waals surface area contributed by atoms with Crippen LogP contribution in [0.5, 0.6) is 5.75 Å². The zero-order valence-corrected chi connectivity index (χ0v) is 20.8. The van der Waals surface area contributed by atoms with Crippen molar-refractivity contribution in [2.75, 3.05) is 11.9 Å². The van der Waals surface area contributed by atoms with Gasteiger partial charge < -0.3 is 15.4 Å². The standard InChI is InChI=1S/C28H27N7O2/c1-28(2,3)35-25(36)17-37-22-6-4-5-19(13-22)26-33-24-16-29-12-11-23(24)27(34-26)32-21-9-7-18(8-10-21)20-14-30-31-15-20/h4-16H,17H2,1-3H3,(H,30,31)(H,35,36)(H,32,33,34). The summed E-state index contributed by atoms with van der Waals surface area (Å²) in [6.45, 7) is 5.70. The summed E-state index contributed by atoms with van der Waals surface area (Å²) in [4.78, 5) is 25.9. The van der Waals surface area contributed by atoms with Crippen molar-refractivity contribution >= 4 is 28.3 Å². The van der Waals surface area contributed by atoms with Crippen LogP contribution in [0.25, 0.3) is 33.4 Å². The number of aromatic amines is 1. The number of pyridine rings is 1. The third-order valence-corrected chi connectivity index (χ3v) is 5.46. The Bertz CT molecular complexity index is 1530. The number of carbonyl (C=O) groups is 1. The van der Waals surface area contributed by atoms with Gasteiger partial charge in [0.05, 0.1) is 17.9 Å². The number of nitrogens with zero attached hydrogens (tertiary/aromatic N) is 4. The van der Waals surface area contributed by atoms with Crippen molar-refractivity contribution in [3.8, 4) is 28.3 Å². The lowest BCUT2D eigenvalue weighted by molar-refractivity contribution is -0.124. The van der Waals surface area contributed by atoms with E-state index in [1.54, 1.807) is 24.7 Å².